The van der Waals surface area contributed by atoms with Crippen molar-refractivity contribution in [2.45, 2.75) is 20.0 Å². The maximum Gasteiger partial charge on any atom is 0.375 e. The number of hydrogen-bond donors (Lipinski definition) is 1. The van der Waals surface area contributed by atoms with Crippen LogP contribution in [0.5, 0.6) is 11.5 Å². The number of fused-ring (bicyclic) bond motifs is 1. The van der Waals surface area contributed by atoms with E-state index in [4.69, 9.17) is 23.4 Å². The Morgan fingerprint density at radius 1 is 1.03 bits per heavy atom. The van der Waals surface area contributed by atoms with Gasteiger partial charge in [-0.05, 0) is 37.1 Å². The van der Waals surface area contributed by atoms with Crippen molar-refractivity contribution >= 4 is 22.8 Å². The van der Waals surface area contributed by atoms with Crippen molar-refractivity contribution in [1.82, 2.24) is 5.32 Å². The van der Waals surface area contributed by atoms with Gasteiger partial charge in [0.1, 0.15) is 5.58 Å². The van der Waals surface area contributed by atoms with Crippen LogP contribution in [0.1, 0.15) is 28.6 Å². The topological polar surface area (TPSA) is 96.2 Å². The molecule has 0 saturated carbocycles. The number of carbonyl (C=O) groups excluding carboxylic acids is 2. The molecule has 1 heterocycles. The number of furan rings is 1. The summed E-state index contributed by atoms with van der Waals surface area (Å²) in [4.78, 5) is 24.7. The summed E-state index contributed by atoms with van der Waals surface area (Å²) in [5.41, 5.74) is 2.15. The van der Waals surface area contributed by atoms with E-state index in [1.54, 1.807) is 20.3 Å². The molecule has 0 bridgehead atoms. The normalized spacial score (nSPS) is 10.7. The average molecular weight is 441 g/mol. The molecule has 3 rings (SSSR count). The molecular weight excluding hydrogens is 414 g/mol. The Morgan fingerprint density at radius 2 is 1.81 bits per heavy atom. The molecular formula is C24H27NO7. The fourth-order valence-electron chi connectivity index (χ4n) is 3.24. The summed E-state index contributed by atoms with van der Waals surface area (Å²) >= 11 is 0. The van der Waals surface area contributed by atoms with Crippen LogP contribution in [0.2, 0.25) is 0 Å². The zero-order valence-corrected chi connectivity index (χ0v) is 18.4. The van der Waals surface area contributed by atoms with Gasteiger partial charge in [-0.1, -0.05) is 24.3 Å². The van der Waals surface area contributed by atoms with Crippen LogP contribution < -0.4 is 14.8 Å². The molecule has 0 aliphatic rings. The first-order valence-electron chi connectivity index (χ1n) is 10.3. The van der Waals surface area contributed by atoms with Gasteiger partial charge < -0.3 is 28.7 Å². The van der Waals surface area contributed by atoms with Gasteiger partial charge in [-0.25, -0.2) is 4.79 Å². The van der Waals surface area contributed by atoms with Crippen molar-refractivity contribution in [2.75, 3.05) is 34.0 Å². The molecule has 1 N–H and O–H groups in total. The van der Waals surface area contributed by atoms with Crippen LogP contribution in [-0.2, 0) is 27.3 Å². The first-order valence-corrected chi connectivity index (χ1v) is 10.3. The lowest BCUT2D eigenvalue weighted by Gasteiger charge is -2.10. The quantitative estimate of drug-likeness (QED) is 0.455. The zero-order chi connectivity index (χ0) is 22.9. The van der Waals surface area contributed by atoms with Gasteiger partial charge in [0.25, 0.3) is 5.91 Å². The molecule has 0 atom stereocenters. The van der Waals surface area contributed by atoms with E-state index in [9.17, 15) is 9.59 Å². The number of hydrogen-bond acceptors (Lipinski definition) is 7. The van der Waals surface area contributed by atoms with Gasteiger partial charge in [0, 0.05) is 24.1 Å². The van der Waals surface area contributed by atoms with Gasteiger partial charge in [0.2, 0.25) is 5.76 Å². The van der Waals surface area contributed by atoms with Gasteiger partial charge >= 0.3 is 5.97 Å². The van der Waals surface area contributed by atoms with Crippen LogP contribution >= 0.6 is 0 Å². The van der Waals surface area contributed by atoms with Crippen molar-refractivity contribution in [2.24, 2.45) is 0 Å². The molecule has 0 fully saturated rings. The molecule has 0 aliphatic carbocycles. The third-order valence-electron chi connectivity index (χ3n) is 4.85. The number of amides is 1. The number of nitrogens with one attached hydrogen (secondary N) is 1. The minimum absolute atomic E-state index is 0.0535. The van der Waals surface area contributed by atoms with Gasteiger partial charge in [-0.15, -0.1) is 0 Å². The Hall–Kier alpha value is -3.52. The molecule has 1 amide bonds. The first kappa shape index (κ1) is 23.1. The highest BCUT2D eigenvalue weighted by Crippen LogP contribution is 2.28. The second kappa shape index (κ2) is 11.2. The standard InChI is InChI=1S/C24H27NO7/c1-4-30-14-18-17-7-5-6-8-19(17)32-23(18)24(27)31-15-22(26)25-12-11-16-9-10-20(28-2)21(13-16)29-3/h5-10,13H,4,11-12,14-15H2,1-3H3,(H,25,26). The SMILES string of the molecule is CCOCc1c(C(=O)OCC(=O)NCCc2ccc(OC)c(OC)c2)oc2ccccc12. The molecule has 32 heavy (non-hydrogen) atoms. The number of carbonyl (C=O) groups is 2. The molecule has 8 nitrogen and oxygen atoms in total. The van der Waals surface area contributed by atoms with E-state index in [1.165, 1.54) is 0 Å². The van der Waals surface area contributed by atoms with E-state index >= 15 is 0 Å². The number of methoxy groups -OCH3 is 2. The summed E-state index contributed by atoms with van der Waals surface area (Å²) in [6.07, 6.45) is 0.585. The monoisotopic (exact) mass is 441 g/mol. The van der Waals surface area contributed by atoms with Crippen LogP contribution in [-0.4, -0.2) is 45.9 Å². The van der Waals surface area contributed by atoms with Crippen molar-refractivity contribution in [3.8, 4) is 11.5 Å². The molecule has 0 spiro atoms. The number of esters is 1. The van der Waals surface area contributed by atoms with E-state index in [2.05, 4.69) is 5.32 Å². The molecule has 8 heteroatoms. The molecule has 2 aromatic carbocycles. The van der Waals surface area contributed by atoms with Crippen molar-refractivity contribution < 1.29 is 33.0 Å². The molecule has 1 aromatic heterocycles. The summed E-state index contributed by atoms with van der Waals surface area (Å²) in [7, 11) is 3.14. The number of benzene rings is 2. The van der Waals surface area contributed by atoms with Crippen LogP contribution in [0.25, 0.3) is 11.0 Å². The van der Waals surface area contributed by atoms with Crippen molar-refractivity contribution in [3.05, 3.63) is 59.4 Å². The fraction of sp³-hybridized carbons (Fsp3) is 0.333. The molecule has 0 unspecified atom stereocenters. The molecule has 170 valence electrons. The zero-order valence-electron chi connectivity index (χ0n) is 18.4. The number of ether oxygens (including phenoxy) is 4. The smallest absolute Gasteiger partial charge is 0.375 e. The van der Waals surface area contributed by atoms with Crippen LogP contribution in [0.4, 0.5) is 0 Å². The van der Waals surface area contributed by atoms with E-state index in [1.807, 2.05) is 43.3 Å². The molecule has 0 saturated heterocycles. The Labute approximate surface area is 186 Å². The summed E-state index contributed by atoms with van der Waals surface area (Å²) < 4.78 is 26.8. The molecule has 0 radical (unpaired) electrons. The highest BCUT2D eigenvalue weighted by atomic mass is 16.5. The van der Waals surface area contributed by atoms with Crippen molar-refractivity contribution in [1.29, 1.82) is 0 Å². The van der Waals surface area contributed by atoms with Crippen LogP contribution in [0, 0.1) is 0 Å². The second-order valence-corrected chi connectivity index (χ2v) is 6.91. The van der Waals surface area contributed by atoms with E-state index in [0.29, 0.717) is 42.2 Å². The summed E-state index contributed by atoms with van der Waals surface area (Å²) in [5, 5.41) is 3.52. The van der Waals surface area contributed by atoms with E-state index in [0.717, 1.165) is 10.9 Å². The largest absolute Gasteiger partial charge is 0.493 e. The molecule has 3 aromatic rings. The lowest BCUT2D eigenvalue weighted by atomic mass is 10.1. The van der Waals surface area contributed by atoms with Gasteiger partial charge in [-0.2, -0.15) is 0 Å². The van der Waals surface area contributed by atoms with Crippen LogP contribution in [0.15, 0.2) is 46.9 Å². The first-order chi connectivity index (χ1) is 15.6. The lowest BCUT2D eigenvalue weighted by molar-refractivity contribution is -0.124. The maximum absolute atomic E-state index is 12.6. The highest BCUT2D eigenvalue weighted by Gasteiger charge is 2.22. The number of para-hydroxylation sites is 1. The summed E-state index contributed by atoms with van der Waals surface area (Å²) in [6, 6.07) is 12.9. The lowest BCUT2D eigenvalue weighted by Crippen LogP contribution is -2.30. The van der Waals surface area contributed by atoms with Crippen LogP contribution in [0.3, 0.4) is 0 Å². The predicted molar refractivity (Wildman–Crippen MR) is 118 cm³/mol. The predicted octanol–water partition coefficient (Wildman–Crippen LogP) is 3.50. The van der Waals surface area contributed by atoms with Crippen molar-refractivity contribution in [3.63, 3.8) is 0 Å². The maximum atomic E-state index is 12.6. The van der Waals surface area contributed by atoms with E-state index in [-0.39, 0.29) is 12.4 Å². The Bertz CT molecular complexity index is 1070. The second-order valence-electron chi connectivity index (χ2n) is 6.91. The summed E-state index contributed by atoms with van der Waals surface area (Å²) in [5.74, 6) is 0.213. The average Bonchev–Trinajstić information content (AvgIpc) is 3.19. The minimum Gasteiger partial charge on any atom is -0.493 e. The summed E-state index contributed by atoms with van der Waals surface area (Å²) in [6.45, 7) is 2.56. The van der Waals surface area contributed by atoms with Gasteiger partial charge in [0.05, 0.1) is 20.8 Å². The van der Waals surface area contributed by atoms with Gasteiger partial charge in [-0.3, -0.25) is 4.79 Å². The Kier molecular flexibility index (Phi) is 8.10. The highest BCUT2D eigenvalue weighted by molar-refractivity contribution is 5.96. The number of rotatable bonds is 11. The third kappa shape index (κ3) is 5.59. The Balaban J connectivity index is 1.53. The third-order valence-corrected chi connectivity index (χ3v) is 4.85. The Morgan fingerprint density at radius 3 is 2.56 bits per heavy atom. The molecule has 0 aliphatic heterocycles. The van der Waals surface area contributed by atoms with Gasteiger partial charge in [0.15, 0.2) is 18.1 Å². The fourth-order valence-corrected chi connectivity index (χ4v) is 3.24. The minimum atomic E-state index is -0.703. The van der Waals surface area contributed by atoms with E-state index < -0.39 is 18.5 Å².